The number of aliphatic hydroxyl groups is 1. The number of rotatable bonds is 5. The third-order valence-corrected chi connectivity index (χ3v) is 4.76. The van der Waals surface area contributed by atoms with Gasteiger partial charge in [-0.15, -0.1) is 0 Å². The normalized spacial score (nSPS) is 20.6. The molecule has 0 saturated carbocycles. The van der Waals surface area contributed by atoms with E-state index in [9.17, 15) is 5.11 Å². The van der Waals surface area contributed by atoms with Crippen molar-refractivity contribution in [2.24, 2.45) is 0 Å². The third-order valence-electron chi connectivity index (χ3n) is 4.76. The standard InChI is InChI=1S/C19H23NO3/c1-22-17-8-4-15(5-9-17)19(14-21)12-3-13-20(19)16-6-10-18(23-2)11-7-16/h4-11,21H,3,12-14H2,1-2H3/t19-/m1/s1. The molecule has 4 heteroatoms. The Balaban J connectivity index is 1.97. The van der Waals surface area contributed by atoms with Crippen LogP contribution in [0.1, 0.15) is 18.4 Å². The van der Waals surface area contributed by atoms with Crippen molar-refractivity contribution in [2.75, 3.05) is 32.3 Å². The van der Waals surface area contributed by atoms with Crippen molar-refractivity contribution in [1.29, 1.82) is 0 Å². The van der Waals surface area contributed by atoms with E-state index in [0.29, 0.717) is 0 Å². The SMILES string of the molecule is COc1ccc(N2CCC[C@@]2(CO)c2ccc(OC)cc2)cc1. The molecule has 4 nitrogen and oxygen atoms in total. The van der Waals surface area contributed by atoms with Gasteiger partial charge in [-0.05, 0) is 54.8 Å². The maximum atomic E-state index is 10.2. The van der Waals surface area contributed by atoms with Crippen LogP contribution in [-0.2, 0) is 5.54 Å². The summed E-state index contributed by atoms with van der Waals surface area (Å²) in [5, 5.41) is 10.2. The maximum Gasteiger partial charge on any atom is 0.119 e. The number of methoxy groups -OCH3 is 2. The van der Waals surface area contributed by atoms with Gasteiger partial charge in [-0.1, -0.05) is 12.1 Å². The van der Waals surface area contributed by atoms with Crippen LogP contribution in [0.25, 0.3) is 0 Å². The van der Waals surface area contributed by atoms with E-state index in [4.69, 9.17) is 9.47 Å². The Kier molecular flexibility index (Phi) is 4.44. The molecule has 1 aliphatic heterocycles. The van der Waals surface area contributed by atoms with Gasteiger partial charge < -0.3 is 19.5 Å². The Hall–Kier alpha value is -2.20. The molecular formula is C19H23NO3. The van der Waals surface area contributed by atoms with Gasteiger partial charge in [0.2, 0.25) is 0 Å². The van der Waals surface area contributed by atoms with Gasteiger partial charge in [-0.2, -0.15) is 0 Å². The lowest BCUT2D eigenvalue weighted by Crippen LogP contribution is -2.44. The molecule has 0 radical (unpaired) electrons. The maximum absolute atomic E-state index is 10.2. The minimum Gasteiger partial charge on any atom is -0.497 e. The number of hydrogen-bond acceptors (Lipinski definition) is 4. The molecule has 1 heterocycles. The smallest absolute Gasteiger partial charge is 0.119 e. The van der Waals surface area contributed by atoms with Crippen LogP contribution in [0.5, 0.6) is 11.5 Å². The predicted octanol–water partition coefficient (Wildman–Crippen LogP) is 3.19. The zero-order chi connectivity index (χ0) is 16.3. The van der Waals surface area contributed by atoms with E-state index in [1.165, 1.54) is 0 Å². The minimum atomic E-state index is -0.374. The highest BCUT2D eigenvalue weighted by molar-refractivity contribution is 5.55. The Bertz CT molecular complexity index is 639. The van der Waals surface area contributed by atoms with Gasteiger partial charge in [0.25, 0.3) is 0 Å². The van der Waals surface area contributed by atoms with E-state index < -0.39 is 0 Å². The third kappa shape index (κ3) is 2.75. The molecule has 1 fully saturated rings. The fourth-order valence-electron chi connectivity index (χ4n) is 3.47. The lowest BCUT2D eigenvalue weighted by atomic mass is 9.87. The fourth-order valence-corrected chi connectivity index (χ4v) is 3.47. The van der Waals surface area contributed by atoms with Gasteiger partial charge in [-0.3, -0.25) is 0 Å². The molecule has 0 amide bonds. The Morgan fingerprint density at radius 1 is 0.957 bits per heavy atom. The second-order valence-electron chi connectivity index (χ2n) is 5.87. The fraction of sp³-hybridized carbons (Fsp3) is 0.368. The average Bonchev–Trinajstić information content (AvgIpc) is 3.07. The molecular weight excluding hydrogens is 290 g/mol. The first-order valence-electron chi connectivity index (χ1n) is 7.90. The number of nitrogens with zero attached hydrogens (tertiary/aromatic N) is 1. The van der Waals surface area contributed by atoms with Crippen LogP contribution in [0.4, 0.5) is 5.69 Å². The molecule has 1 atom stereocenters. The van der Waals surface area contributed by atoms with Crippen molar-refractivity contribution in [3.63, 3.8) is 0 Å². The van der Waals surface area contributed by atoms with Gasteiger partial charge in [0.15, 0.2) is 0 Å². The van der Waals surface area contributed by atoms with E-state index in [1.54, 1.807) is 14.2 Å². The van der Waals surface area contributed by atoms with Crippen molar-refractivity contribution in [3.05, 3.63) is 54.1 Å². The van der Waals surface area contributed by atoms with Gasteiger partial charge >= 0.3 is 0 Å². The van der Waals surface area contributed by atoms with Crippen LogP contribution in [0.15, 0.2) is 48.5 Å². The van der Waals surface area contributed by atoms with E-state index in [-0.39, 0.29) is 12.1 Å². The summed E-state index contributed by atoms with van der Waals surface area (Å²) in [5.74, 6) is 1.67. The zero-order valence-corrected chi connectivity index (χ0v) is 13.7. The first kappa shape index (κ1) is 15.7. The second-order valence-corrected chi connectivity index (χ2v) is 5.87. The van der Waals surface area contributed by atoms with Gasteiger partial charge in [0.05, 0.1) is 26.4 Å². The molecule has 0 aromatic heterocycles. The van der Waals surface area contributed by atoms with Crippen LogP contribution in [0, 0.1) is 0 Å². The van der Waals surface area contributed by atoms with Crippen molar-refractivity contribution in [1.82, 2.24) is 0 Å². The van der Waals surface area contributed by atoms with Crippen LogP contribution >= 0.6 is 0 Å². The first-order chi connectivity index (χ1) is 11.2. The molecule has 3 rings (SSSR count). The summed E-state index contributed by atoms with van der Waals surface area (Å²) in [6.45, 7) is 1.02. The summed E-state index contributed by atoms with van der Waals surface area (Å²) < 4.78 is 10.5. The summed E-state index contributed by atoms with van der Waals surface area (Å²) in [6, 6.07) is 16.0. The van der Waals surface area contributed by atoms with E-state index >= 15 is 0 Å². The average molecular weight is 313 g/mol. The molecule has 1 saturated heterocycles. The van der Waals surface area contributed by atoms with Crippen molar-refractivity contribution in [2.45, 2.75) is 18.4 Å². The number of hydrogen-bond donors (Lipinski definition) is 1. The highest BCUT2D eigenvalue weighted by Gasteiger charge is 2.42. The van der Waals surface area contributed by atoms with Gasteiger partial charge in [0.1, 0.15) is 11.5 Å². The summed E-state index contributed by atoms with van der Waals surface area (Å²) in [4.78, 5) is 2.30. The molecule has 122 valence electrons. The molecule has 0 spiro atoms. The van der Waals surface area contributed by atoms with Crippen LogP contribution < -0.4 is 14.4 Å². The van der Waals surface area contributed by atoms with Crippen LogP contribution in [0.2, 0.25) is 0 Å². The highest BCUT2D eigenvalue weighted by atomic mass is 16.5. The summed E-state index contributed by atoms with van der Waals surface area (Å²) in [7, 11) is 3.33. The monoisotopic (exact) mass is 313 g/mol. The number of aliphatic hydroxyl groups excluding tert-OH is 1. The highest BCUT2D eigenvalue weighted by Crippen LogP contribution is 2.42. The number of anilines is 1. The Morgan fingerprint density at radius 3 is 2.04 bits per heavy atom. The first-order valence-corrected chi connectivity index (χ1v) is 7.90. The van der Waals surface area contributed by atoms with Gasteiger partial charge in [0, 0.05) is 12.2 Å². The lowest BCUT2D eigenvalue weighted by Gasteiger charge is -2.39. The summed E-state index contributed by atoms with van der Waals surface area (Å²) >= 11 is 0. The van der Waals surface area contributed by atoms with E-state index in [1.807, 2.05) is 24.3 Å². The molecule has 1 N–H and O–H groups in total. The quantitative estimate of drug-likeness (QED) is 0.920. The van der Waals surface area contributed by atoms with Gasteiger partial charge in [-0.25, -0.2) is 0 Å². The van der Waals surface area contributed by atoms with Crippen molar-refractivity contribution in [3.8, 4) is 11.5 Å². The van der Waals surface area contributed by atoms with Crippen molar-refractivity contribution >= 4 is 5.69 Å². The number of benzene rings is 2. The van der Waals surface area contributed by atoms with Crippen molar-refractivity contribution < 1.29 is 14.6 Å². The minimum absolute atomic E-state index is 0.0886. The zero-order valence-electron chi connectivity index (χ0n) is 13.7. The molecule has 0 bridgehead atoms. The summed E-state index contributed by atoms with van der Waals surface area (Å²) in [6.07, 6.45) is 1.99. The number of ether oxygens (including phenoxy) is 2. The Morgan fingerprint density at radius 2 is 1.52 bits per heavy atom. The van der Waals surface area contributed by atoms with Crippen LogP contribution in [-0.4, -0.2) is 32.5 Å². The second kappa shape index (κ2) is 6.50. The summed E-state index contributed by atoms with van der Waals surface area (Å²) in [5.41, 5.74) is 1.85. The van der Waals surface area contributed by atoms with E-state index in [0.717, 1.165) is 42.1 Å². The largest absolute Gasteiger partial charge is 0.497 e. The molecule has 23 heavy (non-hydrogen) atoms. The topological polar surface area (TPSA) is 41.9 Å². The van der Waals surface area contributed by atoms with Crippen LogP contribution in [0.3, 0.4) is 0 Å². The predicted molar refractivity (Wildman–Crippen MR) is 91.3 cm³/mol. The molecule has 0 aliphatic carbocycles. The molecule has 2 aromatic rings. The molecule has 1 aliphatic rings. The lowest BCUT2D eigenvalue weighted by molar-refractivity contribution is 0.198. The molecule has 0 unspecified atom stereocenters. The molecule has 2 aromatic carbocycles. The Labute approximate surface area is 137 Å². The van der Waals surface area contributed by atoms with E-state index in [2.05, 4.69) is 29.2 Å².